The zero-order chi connectivity index (χ0) is 14.5. The predicted molar refractivity (Wildman–Crippen MR) is 73.6 cm³/mol. The van der Waals surface area contributed by atoms with Gasteiger partial charge in [0.1, 0.15) is 4.90 Å². The van der Waals surface area contributed by atoms with Crippen LogP contribution in [0.2, 0.25) is 5.02 Å². The molecule has 0 heterocycles. The third kappa shape index (κ3) is 4.96. The third-order valence-electron chi connectivity index (χ3n) is 2.39. The molecule has 19 heavy (non-hydrogen) atoms. The number of nitrogens with two attached hydrogens (primary N) is 1. The molecule has 0 aliphatic heterocycles. The van der Waals surface area contributed by atoms with E-state index in [1.807, 2.05) is 0 Å². The SMILES string of the molecule is COCC(O)CCNS(=O)(=O)c1cc(Cl)ccc1N. The van der Waals surface area contributed by atoms with Crippen molar-refractivity contribution in [1.29, 1.82) is 0 Å². The molecular weight excluding hydrogens is 292 g/mol. The lowest BCUT2D eigenvalue weighted by molar-refractivity contribution is 0.0603. The Bertz CT molecular complexity index is 521. The number of nitrogens with one attached hydrogen (secondary N) is 1. The van der Waals surface area contributed by atoms with Gasteiger partial charge in [0.15, 0.2) is 0 Å². The maximum atomic E-state index is 12.0. The smallest absolute Gasteiger partial charge is 0.242 e. The second-order valence-electron chi connectivity index (χ2n) is 3.98. The molecular formula is C11H17ClN2O4S. The Kier molecular flexibility index (Phi) is 6.02. The van der Waals surface area contributed by atoms with Crippen molar-refractivity contribution in [1.82, 2.24) is 4.72 Å². The van der Waals surface area contributed by atoms with Gasteiger partial charge in [-0.3, -0.25) is 0 Å². The van der Waals surface area contributed by atoms with Gasteiger partial charge < -0.3 is 15.6 Å². The monoisotopic (exact) mass is 308 g/mol. The molecule has 0 bridgehead atoms. The van der Waals surface area contributed by atoms with E-state index < -0.39 is 16.1 Å². The van der Waals surface area contributed by atoms with Gasteiger partial charge in [-0.05, 0) is 24.6 Å². The number of sulfonamides is 1. The van der Waals surface area contributed by atoms with Crippen molar-refractivity contribution in [2.24, 2.45) is 0 Å². The molecule has 0 saturated heterocycles. The number of rotatable bonds is 7. The van der Waals surface area contributed by atoms with Crippen LogP contribution < -0.4 is 10.5 Å². The highest BCUT2D eigenvalue weighted by molar-refractivity contribution is 7.89. The summed E-state index contributed by atoms with van der Waals surface area (Å²) in [7, 11) is -2.28. The number of anilines is 1. The molecule has 0 radical (unpaired) electrons. The number of ether oxygens (including phenoxy) is 1. The predicted octanol–water partition coefficient (Wildman–Crippen LogP) is 0.598. The van der Waals surface area contributed by atoms with Crippen LogP contribution in [0.25, 0.3) is 0 Å². The van der Waals surface area contributed by atoms with E-state index in [1.165, 1.54) is 25.3 Å². The molecule has 1 unspecified atom stereocenters. The van der Waals surface area contributed by atoms with Crippen LogP contribution in [0, 0.1) is 0 Å². The van der Waals surface area contributed by atoms with E-state index in [0.717, 1.165) is 0 Å². The van der Waals surface area contributed by atoms with E-state index in [0.29, 0.717) is 0 Å². The van der Waals surface area contributed by atoms with Crippen LogP contribution in [-0.4, -0.2) is 39.9 Å². The van der Waals surface area contributed by atoms with Gasteiger partial charge in [-0.25, -0.2) is 13.1 Å². The quantitative estimate of drug-likeness (QED) is 0.640. The van der Waals surface area contributed by atoms with Crippen molar-refractivity contribution in [3.05, 3.63) is 23.2 Å². The fourth-order valence-electron chi connectivity index (χ4n) is 1.45. The largest absolute Gasteiger partial charge is 0.398 e. The lowest BCUT2D eigenvalue weighted by atomic mass is 10.3. The molecule has 108 valence electrons. The van der Waals surface area contributed by atoms with Crippen molar-refractivity contribution in [2.45, 2.75) is 17.4 Å². The van der Waals surface area contributed by atoms with Gasteiger partial charge in [-0.1, -0.05) is 11.6 Å². The summed E-state index contributed by atoms with van der Waals surface area (Å²) < 4.78 is 31.1. The maximum Gasteiger partial charge on any atom is 0.242 e. The summed E-state index contributed by atoms with van der Waals surface area (Å²) >= 11 is 5.74. The van der Waals surface area contributed by atoms with E-state index in [2.05, 4.69) is 4.72 Å². The van der Waals surface area contributed by atoms with Crippen molar-refractivity contribution in [3.63, 3.8) is 0 Å². The number of hydrogen-bond donors (Lipinski definition) is 3. The maximum absolute atomic E-state index is 12.0. The second-order valence-corrected chi connectivity index (χ2v) is 6.15. The first kappa shape index (κ1) is 16.2. The Morgan fingerprint density at radius 3 is 2.84 bits per heavy atom. The van der Waals surface area contributed by atoms with Crippen LogP contribution in [0.3, 0.4) is 0 Å². The van der Waals surface area contributed by atoms with E-state index in [-0.39, 0.29) is 35.2 Å². The van der Waals surface area contributed by atoms with Crippen LogP contribution in [0.5, 0.6) is 0 Å². The highest BCUT2D eigenvalue weighted by Gasteiger charge is 2.18. The van der Waals surface area contributed by atoms with Crippen molar-refractivity contribution >= 4 is 27.3 Å². The minimum atomic E-state index is -3.74. The van der Waals surface area contributed by atoms with Gasteiger partial charge in [-0.2, -0.15) is 0 Å². The molecule has 0 aliphatic rings. The molecule has 1 aromatic rings. The van der Waals surface area contributed by atoms with Gasteiger partial charge in [-0.15, -0.1) is 0 Å². The molecule has 0 aromatic heterocycles. The zero-order valence-corrected chi connectivity index (χ0v) is 12.0. The van der Waals surface area contributed by atoms with E-state index in [9.17, 15) is 13.5 Å². The first-order valence-electron chi connectivity index (χ1n) is 5.58. The van der Waals surface area contributed by atoms with Crippen molar-refractivity contribution < 1.29 is 18.3 Å². The fourth-order valence-corrected chi connectivity index (χ4v) is 2.89. The number of halogens is 1. The highest BCUT2D eigenvalue weighted by Crippen LogP contribution is 2.22. The van der Waals surface area contributed by atoms with Crippen LogP contribution in [0.4, 0.5) is 5.69 Å². The average Bonchev–Trinajstić information content (AvgIpc) is 2.32. The lowest BCUT2D eigenvalue weighted by Gasteiger charge is -2.12. The molecule has 0 fully saturated rings. The Balaban J connectivity index is 2.68. The van der Waals surface area contributed by atoms with Crippen LogP contribution in [0.15, 0.2) is 23.1 Å². The summed E-state index contributed by atoms with van der Waals surface area (Å²) in [4.78, 5) is -0.0683. The molecule has 8 heteroatoms. The summed E-state index contributed by atoms with van der Waals surface area (Å²) in [6, 6.07) is 4.22. The summed E-state index contributed by atoms with van der Waals surface area (Å²) in [5.41, 5.74) is 5.73. The van der Waals surface area contributed by atoms with Crippen LogP contribution in [0.1, 0.15) is 6.42 Å². The summed E-state index contributed by atoms with van der Waals surface area (Å²) in [6.45, 7) is 0.236. The highest BCUT2D eigenvalue weighted by atomic mass is 35.5. The molecule has 1 rings (SSSR count). The van der Waals surface area contributed by atoms with Gasteiger partial charge in [0, 0.05) is 18.7 Å². The number of aliphatic hydroxyl groups excluding tert-OH is 1. The Morgan fingerprint density at radius 2 is 2.21 bits per heavy atom. The standard InChI is InChI=1S/C11H17ClN2O4S/c1-18-7-9(15)4-5-14-19(16,17)11-6-8(12)2-3-10(11)13/h2-3,6,9,14-15H,4-5,7,13H2,1H3. The Morgan fingerprint density at radius 1 is 1.53 bits per heavy atom. The Labute approximate surface area is 117 Å². The number of methoxy groups -OCH3 is 1. The molecule has 0 aliphatic carbocycles. The minimum absolute atomic E-state index is 0.0683. The molecule has 0 saturated carbocycles. The van der Waals surface area contributed by atoms with Gasteiger partial charge in [0.2, 0.25) is 10.0 Å². The van der Waals surface area contributed by atoms with E-state index in [1.54, 1.807) is 0 Å². The average molecular weight is 309 g/mol. The molecule has 0 spiro atoms. The molecule has 0 amide bonds. The normalized spacial score (nSPS) is 13.4. The Hall–Kier alpha value is -0.860. The van der Waals surface area contributed by atoms with Gasteiger partial charge >= 0.3 is 0 Å². The van der Waals surface area contributed by atoms with Crippen molar-refractivity contribution in [3.8, 4) is 0 Å². The van der Waals surface area contributed by atoms with Crippen molar-refractivity contribution in [2.75, 3.05) is 26.0 Å². The third-order valence-corrected chi connectivity index (χ3v) is 4.15. The summed E-state index contributed by atoms with van der Waals surface area (Å²) in [5.74, 6) is 0. The van der Waals surface area contributed by atoms with E-state index >= 15 is 0 Å². The topological polar surface area (TPSA) is 102 Å². The summed E-state index contributed by atoms with van der Waals surface area (Å²) in [6.07, 6.45) is -0.475. The molecule has 6 nitrogen and oxygen atoms in total. The fraction of sp³-hybridized carbons (Fsp3) is 0.455. The molecule has 1 aromatic carbocycles. The number of nitrogen functional groups attached to an aromatic ring is 1. The first-order chi connectivity index (χ1) is 8.86. The summed E-state index contributed by atoms with van der Waals surface area (Å²) in [5, 5.41) is 9.70. The second kappa shape index (κ2) is 7.06. The van der Waals surface area contributed by atoms with Crippen LogP contribution in [-0.2, 0) is 14.8 Å². The number of benzene rings is 1. The lowest BCUT2D eigenvalue weighted by Crippen LogP contribution is -2.29. The molecule has 4 N–H and O–H groups in total. The van der Waals surface area contributed by atoms with E-state index in [4.69, 9.17) is 22.1 Å². The zero-order valence-electron chi connectivity index (χ0n) is 10.5. The number of hydrogen-bond acceptors (Lipinski definition) is 5. The van der Waals surface area contributed by atoms with Crippen LogP contribution >= 0.6 is 11.6 Å². The minimum Gasteiger partial charge on any atom is -0.398 e. The molecule has 1 atom stereocenters. The first-order valence-corrected chi connectivity index (χ1v) is 7.44. The van der Waals surface area contributed by atoms with Gasteiger partial charge in [0.05, 0.1) is 18.4 Å². The number of aliphatic hydroxyl groups is 1. The van der Waals surface area contributed by atoms with Gasteiger partial charge in [0.25, 0.3) is 0 Å².